The molecule has 0 atom stereocenters. The van der Waals surface area contributed by atoms with Crippen molar-refractivity contribution in [3.05, 3.63) is 0 Å². The molecule has 0 aromatic rings. The molecule has 3 nitrogen and oxygen atoms in total. The average molecular weight is 172 g/mol. The summed E-state index contributed by atoms with van der Waals surface area (Å²) in [4.78, 5) is 0. The van der Waals surface area contributed by atoms with Gasteiger partial charge in [0.15, 0.2) is 0 Å². The predicted molar refractivity (Wildman–Crippen MR) is 50.2 cm³/mol. The molecule has 0 radical (unpaired) electrons. The van der Waals surface area contributed by atoms with E-state index in [2.05, 4.69) is 10.6 Å². The highest BCUT2D eigenvalue weighted by Gasteiger charge is 2.17. The maximum Gasteiger partial charge on any atom is 0.0541 e. The number of hydrogen-bond donors (Lipinski definition) is 3. The smallest absolute Gasteiger partial charge is 0.0541 e. The lowest BCUT2D eigenvalue weighted by Crippen LogP contribution is -2.37. The van der Waals surface area contributed by atoms with Gasteiger partial charge in [0.05, 0.1) is 6.10 Å². The number of aliphatic hydroxyl groups excluding tert-OH is 1. The largest absolute Gasteiger partial charge is 0.393 e. The van der Waals surface area contributed by atoms with Crippen LogP contribution in [0.2, 0.25) is 0 Å². The van der Waals surface area contributed by atoms with Crippen LogP contribution in [-0.4, -0.2) is 37.4 Å². The van der Waals surface area contributed by atoms with Crippen molar-refractivity contribution in [3.63, 3.8) is 0 Å². The first-order valence-electron chi connectivity index (χ1n) is 4.89. The van der Waals surface area contributed by atoms with E-state index < -0.39 is 0 Å². The lowest BCUT2D eigenvalue weighted by Gasteiger charge is -2.26. The Morgan fingerprint density at radius 3 is 2.42 bits per heavy atom. The van der Waals surface area contributed by atoms with E-state index in [0.29, 0.717) is 6.04 Å². The minimum absolute atomic E-state index is 0.0349. The number of rotatable bonds is 4. The number of nitrogens with one attached hydrogen (secondary N) is 2. The molecule has 0 unspecified atom stereocenters. The zero-order valence-corrected chi connectivity index (χ0v) is 7.84. The Hall–Kier alpha value is -0.120. The first-order chi connectivity index (χ1) is 5.83. The van der Waals surface area contributed by atoms with Crippen LogP contribution in [-0.2, 0) is 0 Å². The van der Waals surface area contributed by atoms with E-state index in [1.54, 1.807) is 0 Å². The van der Waals surface area contributed by atoms with Crippen LogP contribution in [0.5, 0.6) is 0 Å². The van der Waals surface area contributed by atoms with E-state index in [-0.39, 0.29) is 6.10 Å². The van der Waals surface area contributed by atoms with Gasteiger partial charge >= 0.3 is 0 Å². The second-order valence-corrected chi connectivity index (χ2v) is 3.56. The molecule has 3 heteroatoms. The molecule has 1 aliphatic rings. The fourth-order valence-electron chi connectivity index (χ4n) is 1.68. The normalized spacial score (nSPS) is 30.5. The van der Waals surface area contributed by atoms with Crippen molar-refractivity contribution >= 4 is 0 Å². The molecule has 0 bridgehead atoms. The zero-order chi connectivity index (χ0) is 8.81. The van der Waals surface area contributed by atoms with Gasteiger partial charge in [0.2, 0.25) is 0 Å². The third-order valence-electron chi connectivity index (χ3n) is 2.50. The summed E-state index contributed by atoms with van der Waals surface area (Å²) >= 11 is 0. The van der Waals surface area contributed by atoms with Crippen LogP contribution in [0.1, 0.15) is 25.7 Å². The number of hydrogen-bond acceptors (Lipinski definition) is 3. The van der Waals surface area contributed by atoms with Crippen LogP contribution in [0, 0.1) is 0 Å². The lowest BCUT2D eigenvalue weighted by molar-refractivity contribution is 0.117. The summed E-state index contributed by atoms with van der Waals surface area (Å²) in [6.45, 7) is 2.07. The summed E-state index contributed by atoms with van der Waals surface area (Å²) in [6, 6.07) is 0.641. The third kappa shape index (κ3) is 3.52. The summed E-state index contributed by atoms with van der Waals surface area (Å²) < 4.78 is 0. The summed E-state index contributed by atoms with van der Waals surface area (Å²) in [5, 5.41) is 15.8. The highest BCUT2D eigenvalue weighted by atomic mass is 16.3. The number of likely N-dealkylation sites (N-methyl/N-ethyl adjacent to an activating group) is 1. The van der Waals surface area contributed by atoms with Crippen molar-refractivity contribution in [2.75, 3.05) is 20.1 Å². The van der Waals surface area contributed by atoms with Gasteiger partial charge in [-0.1, -0.05) is 0 Å². The van der Waals surface area contributed by atoms with Crippen molar-refractivity contribution in [2.45, 2.75) is 37.8 Å². The van der Waals surface area contributed by atoms with Crippen molar-refractivity contribution in [3.8, 4) is 0 Å². The SMILES string of the molecule is CNCCN[C@H]1CC[C@H](O)CC1. The van der Waals surface area contributed by atoms with E-state index >= 15 is 0 Å². The van der Waals surface area contributed by atoms with Gasteiger partial charge in [0.1, 0.15) is 0 Å². The zero-order valence-electron chi connectivity index (χ0n) is 7.84. The van der Waals surface area contributed by atoms with Crippen molar-refractivity contribution < 1.29 is 5.11 Å². The summed E-state index contributed by atoms with van der Waals surface area (Å²) in [7, 11) is 1.96. The van der Waals surface area contributed by atoms with Crippen LogP contribution < -0.4 is 10.6 Å². The lowest BCUT2D eigenvalue weighted by atomic mass is 9.93. The highest BCUT2D eigenvalue weighted by Crippen LogP contribution is 2.17. The van der Waals surface area contributed by atoms with Gasteiger partial charge in [-0.05, 0) is 32.7 Å². The standard InChI is InChI=1S/C9H20N2O/c1-10-6-7-11-8-2-4-9(12)5-3-8/h8-12H,2-7H2,1H3/t8-,9-. The van der Waals surface area contributed by atoms with Crippen LogP contribution in [0.3, 0.4) is 0 Å². The molecular weight excluding hydrogens is 152 g/mol. The molecule has 1 saturated carbocycles. The summed E-state index contributed by atoms with van der Waals surface area (Å²) in [6.07, 6.45) is 4.16. The van der Waals surface area contributed by atoms with Gasteiger partial charge in [-0.25, -0.2) is 0 Å². The van der Waals surface area contributed by atoms with Gasteiger partial charge in [-0.3, -0.25) is 0 Å². The fourth-order valence-corrected chi connectivity index (χ4v) is 1.68. The molecule has 1 aliphatic carbocycles. The van der Waals surface area contributed by atoms with Crippen LogP contribution in [0.15, 0.2) is 0 Å². The Labute approximate surface area is 74.5 Å². The Kier molecular flexibility index (Phi) is 4.58. The molecule has 72 valence electrons. The first-order valence-corrected chi connectivity index (χ1v) is 4.89. The molecule has 0 spiro atoms. The van der Waals surface area contributed by atoms with Crippen molar-refractivity contribution in [1.29, 1.82) is 0 Å². The molecule has 0 aromatic carbocycles. The quantitative estimate of drug-likeness (QED) is 0.527. The molecule has 1 fully saturated rings. The van der Waals surface area contributed by atoms with E-state index in [9.17, 15) is 5.11 Å². The van der Waals surface area contributed by atoms with Crippen LogP contribution in [0.4, 0.5) is 0 Å². The van der Waals surface area contributed by atoms with E-state index in [0.717, 1.165) is 38.8 Å². The Morgan fingerprint density at radius 2 is 1.83 bits per heavy atom. The molecule has 0 aromatic heterocycles. The molecule has 0 saturated heterocycles. The predicted octanol–water partition coefficient (Wildman–Crippen LogP) is 0.0989. The van der Waals surface area contributed by atoms with Crippen molar-refractivity contribution in [1.82, 2.24) is 10.6 Å². The Balaban J connectivity index is 2.01. The van der Waals surface area contributed by atoms with Gasteiger partial charge < -0.3 is 15.7 Å². The van der Waals surface area contributed by atoms with E-state index in [1.807, 2.05) is 7.05 Å². The van der Waals surface area contributed by atoms with Gasteiger partial charge in [0, 0.05) is 19.1 Å². The summed E-state index contributed by atoms with van der Waals surface area (Å²) in [5.74, 6) is 0. The minimum Gasteiger partial charge on any atom is -0.393 e. The Bertz CT molecular complexity index is 111. The molecule has 0 heterocycles. The molecule has 1 rings (SSSR count). The fraction of sp³-hybridized carbons (Fsp3) is 1.00. The second-order valence-electron chi connectivity index (χ2n) is 3.56. The van der Waals surface area contributed by atoms with E-state index in [4.69, 9.17) is 0 Å². The third-order valence-corrected chi connectivity index (χ3v) is 2.50. The average Bonchev–Trinajstić information content (AvgIpc) is 2.09. The van der Waals surface area contributed by atoms with Gasteiger partial charge in [-0.15, -0.1) is 0 Å². The first kappa shape index (κ1) is 9.96. The van der Waals surface area contributed by atoms with Crippen LogP contribution in [0.25, 0.3) is 0 Å². The monoisotopic (exact) mass is 172 g/mol. The molecule has 12 heavy (non-hydrogen) atoms. The molecule has 3 N–H and O–H groups in total. The maximum absolute atomic E-state index is 9.26. The van der Waals surface area contributed by atoms with Gasteiger partial charge in [-0.2, -0.15) is 0 Å². The Morgan fingerprint density at radius 1 is 1.17 bits per heavy atom. The van der Waals surface area contributed by atoms with Gasteiger partial charge in [0.25, 0.3) is 0 Å². The molecule has 0 amide bonds. The van der Waals surface area contributed by atoms with Crippen molar-refractivity contribution in [2.24, 2.45) is 0 Å². The second kappa shape index (κ2) is 5.51. The topological polar surface area (TPSA) is 44.3 Å². The molecule has 0 aliphatic heterocycles. The number of aliphatic hydroxyl groups is 1. The minimum atomic E-state index is -0.0349. The van der Waals surface area contributed by atoms with Crippen LogP contribution >= 0.6 is 0 Å². The maximum atomic E-state index is 9.26. The van der Waals surface area contributed by atoms with E-state index in [1.165, 1.54) is 0 Å². The highest BCUT2D eigenvalue weighted by molar-refractivity contribution is 4.76. The summed E-state index contributed by atoms with van der Waals surface area (Å²) in [5.41, 5.74) is 0. The molecular formula is C9H20N2O.